The molecule has 2 N–H and O–H groups in total. The first kappa shape index (κ1) is 20.3. The number of carbonyl (C=O) groups is 2. The summed E-state index contributed by atoms with van der Waals surface area (Å²) < 4.78 is 4.81. The predicted octanol–water partition coefficient (Wildman–Crippen LogP) is 3.16. The second-order valence-corrected chi connectivity index (χ2v) is 8.17. The fourth-order valence-electron chi connectivity index (χ4n) is 4.41. The van der Waals surface area contributed by atoms with Crippen molar-refractivity contribution in [3.8, 4) is 11.4 Å². The van der Waals surface area contributed by atoms with Crippen LogP contribution < -0.4 is 0 Å². The normalized spacial score (nSPS) is 14.9. The summed E-state index contributed by atoms with van der Waals surface area (Å²) in [5.41, 5.74) is 5.31. The molecule has 5 rings (SSSR count). The third kappa shape index (κ3) is 3.62. The van der Waals surface area contributed by atoms with Crippen LogP contribution in [0.2, 0.25) is 0 Å². The summed E-state index contributed by atoms with van der Waals surface area (Å²) in [4.78, 5) is 31.2. The minimum atomic E-state index is -0.373. The molecule has 8 nitrogen and oxygen atoms in total. The van der Waals surface area contributed by atoms with Crippen molar-refractivity contribution < 1.29 is 14.3 Å². The molecule has 8 heteroatoms. The largest absolute Gasteiger partial charge is 0.465 e. The van der Waals surface area contributed by atoms with Crippen molar-refractivity contribution in [2.75, 3.05) is 33.3 Å². The first-order chi connectivity index (χ1) is 15.5. The summed E-state index contributed by atoms with van der Waals surface area (Å²) in [6, 6.07) is 13.8. The first-order valence-electron chi connectivity index (χ1n) is 10.7. The number of rotatable bonds is 4. The van der Waals surface area contributed by atoms with E-state index in [2.05, 4.69) is 44.3 Å². The van der Waals surface area contributed by atoms with Gasteiger partial charge in [-0.3, -0.25) is 14.8 Å². The lowest BCUT2D eigenvalue weighted by atomic mass is 10.1. The molecule has 2 aromatic carbocycles. The van der Waals surface area contributed by atoms with Gasteiger partial charge < -0.3 is 14.6 Å². The van der Waals surface area contributed by atoms with Gasteiger partial charge in [0.25, 0.3) is 0 Å². The number of carbonyl (C=O) groups excluding carboxylic acids is 2. The van der Waals surface area contributed by atoms with Gasteiger partial charge in [-0.05, 0) is 35.9 Å². The SMILES string of the molecule is COC(=O)c1ccc2c(-c3cc4c(CN5CCN(C(C)=O)CC5)cccc4[nH]3)n[nH]c2c1. The smallest absolute Gasteiger partial charge is 0.337 e. The fraction of sp³-hybridized carbons (Fsp3) is 0.292. The van der Waals surface area contributed by atoms with Crippen LogP contribution in [-0.2, 0) is 16.1 Å². The third-order valence-electron chi connectivity index (χ3n) is 6.21. The average molecular weight is 431 g/mol. The van der Waals surface area contributed by atoms with E-state index in [1.807, 2.05) is 11.0 Å². The van der Waals surface area contributed by atoms with E-state index in [0.717, 1.165) is 60.5 Å². The minimum Gasteiger partial charge on any atom is -0.465 e. The van der Waals surface area contributed by atoms with Crippen molar-refractivity contribution in [1.29, 1.82) is 0 Å². The molecule has 3 heterocycles. The molecular weight excluding hydrogens is 406 g/mol. The lowest BCUT2D eigenvalue weighted by Crippen LogP contribution is -2.47. The highest BCUT2D eigenvalue weighted by Crippen LogP contribution is 2.31. The highest BCUT2D eigenvalue weighted by atomic mass is 16.5. The molecule has 0 aliphatic carbocycles. The van der Waals surface area contributed by atoms with E-state index in [9.17, 15) is 9.59 Å². The molecule has 2 aromatic heterocycles. The molecule has 0 unspecified atom stereocenters. The van der Waals surface area contributed by atoms with Crippen molar-refractivity contribution in [3.63, 3.8) is 0 Å². The molecule has 32 heavy (non-hydrogen) atoms. The van der Waals surface area contributed by atoms with E-state index < -0.39 is 0 Å². The number of ether oxygens (including phenoxy) is 1. The van der Waals surface area contributed by atoms with Gasteiger partial charge in [-0.15, -0.1) is 0 Å². The number of amides is 1. The number of fused-ring (bicyclic) bond motifs is 2. The number of hydrogen-bond donors (Lipinski definition) is 2. The van der Waals surface area contributed by atoms with E-state index in [-0.39, 0.29) is 11.9 Å². The van der Waals surface area contributed by atoms with E-state index in [1.165, 1.54) is 18.1 Å². The molecule has 4 aromatic rings. The zero-order valence-corrected chi connectivity index (χ0v) is 18.1. The molecule has 1 aliphatic rings. The van der Waals surface area contributed by atoms with Crippen LogP contribution >= 0.6 is 0 Å². The zero-order chi connectivity index (χ0) is 22.2. The van der Waals surface area contributed by atoms with Gasteiger partial charge >= 0.3 is 5.97 Å². The molecule has 1 amide bonds. The Balaban J connectivity index is 1.43. The Hall–Kier alpha value is -3.65. The lowest BCUT2D eigenvalue weighted by Gasteiger charge is -2.34. The van der Waals surface area contributed by atoms with Crippen LogP contribution in [0.15, 0.2) is 42.5 Å². The molecule has 0 radical (unpaired) electrons. The third-order valence-corrected chi connectivity index (χ3v) is 6.21. The van der Waals surface area contributed by atoms with Gasteiger partial charge in [-0.25, -0.2) is 4.79 Å². The second kappa shape index (κ2) is 8.12. The van der Waals surface area contributed by atoms with Crippen LogP contribution in [0.25, 0.3) is 33.2 Å². The Labute approximate surface area is 185 Å². The van der Waals surface area contributed by atoms with Crippen molar-refractivity contribution in [2.45, 2.75) is 13.5 Å². The number of benzene rings is 2. The predicted molar refractivity (Wildman–Crippen MR) is 122 cm³/mol. The van der Waals surface area contributed by atoms with Gasteiger partial charge in [0.15, 0.2) is 0 Å². The number of nitrogens with one attached hydrogen (secondary N) is 2. The number of piperazine rings is 1. The standard InChI is InChI=1S/C24H25N5O3/c1-15(30)29-10-8-28(9-11-29)14-17-4-3-5-20-19(17)13-22(25-20)23-18-7-6-16(24(31)32-2)12-21(18)26-27-23/h3-7,12-13,25H,8-11,14H2,1-2H3,(H,26,27). The molecule has 0 spiro atoms. The average Bonchev–Trinajstić information content (AvgIpc) is 3.43. The Kier molecular flexibility index (Phi) is 5.14. The van der Waals surface area contributed by atoms with Crippen LogP contribution in [-0.4, -0.2) is 70.1 Å². The first-order valence-corrected chi connectivity index (χ1v) is 10.7. The Bertz CT molecular complexity index is 1310. The van der Waals surface area contributed by atoms with Gasteiger partial charge in [-0.2, -0.15) is 5.10 Å². The summed E-state index contributed by atoms with van der Waals surface area (Å²) in [7, 11) is 1.37. The molecular formula is C24H25N5O3. The number of hydrogen-bond acceptors (Lipinski definition) is 5. The van der Waals surface area contributed by atoms with Gasteiger partial charge in [0.2, 0.25) is 5.91 Å². The minimum absolute atomic E-state index is 0.145. The van der Waals surface area contributed by atoms with Crippen LogP contribution in [0.5, 0.6) is 0 Å². The van der Waals surface area contributed by atoms with Gasteiger partial charge in [0, 0.05) is 55.9 Å². The van der Waals surface area contributed by atoms with Gasteiger partial charge in [-0.1, -0.05) is 12.1 Å². The van der Waals surface area contributed by atoms with Gasteiger partial charge in [0.05, 0.1) is 23.9 Å². The highest BCUT2D eigenvalue weighted by Gasteiger charge is 2.20. The van der Waals surface area contributed by atoms with E-state index >= 15 is 0 Å². The maximum atomic E-state index is 11.8. The molecule has 1 saturated heterocycles. The monoisotopic (exact) mass is 431 g/mol. The quantitative estimate of drug-likeness (QED) is 0.484. The van der Waals surface area contributed by atoms with Gasteiger partial charge in [0.1, 0.15) is 5.69 Å². The summed E-state index contributed by atoms with van der Waals surface area (Å²) in [6.07, 6.45) is 0. The molecule has 0 saturated carbocycles. The number of H-pyrrole nitrogens is 2. The lowest BCUT2D eigenvalue weighted by molar-refractivity contribution is -0.130. The number of nitrogens with zero attached hydrogens (tertiary/aromatic N) is 3. The van der Waals surface area contributed by atoms with Crippen LogP contribution in [0.4, 0.5) is 0 Å². The van der Waals surface area contributed by atoms with Crippen molar-refractivity contribution in [3.05, 3.63) is 53.6 Å². The molecule has 1 aliphatic heterocycles. The van der Waals surface area contributed by atoms with Crippen LogP contribution in [0.3, 0.4) is 0 Å². The summed E-state index contributed by atoms with van der Waals surface area (Å²) in [6.45, 7) is 5.77. The summed E-state index contributed by atoms with van der Waals surface area (Å²) >= 11 is 0. The molecule has 0 bridgehead atoms. The van der Waals surface area contributed by atoms with Crippen molar-refractivity contribution in [1.82, 2.24) is 25.0 Å². The van der Waals surface area contributed by atoms with Crippen LogP contribution in [0, 0.1) is 0 Å². The number of aromatic nitrogens is 3. The van der Waals surface area contributed by atoms with Crippen molar-refractivity contribution in [2.24, 2.45) is 0 Å². The fourth-order valence-corrected chi connectivity index (χ4v) is 4.41. The van der Waals surface area contributed by atoms with Crippen molar-refractivity contribution >= 4 is 33.7 Å². The topological polar surface area (TPSA) is 94.3 Å². The van der Waals surface area contributed by atoms with E-state index in [4.69, 9.17) is 4.74 Å². The van der Waals surface area contributed by atoms with E-state index in [1.54, 1.807) is 19.1 Å². The number of aromatic amines is 2. The molecule has 164 valence electrons. The molecule has 1 fully saturated rings. The Morgan fingerprint density at radius 3 is 2.59 bits per heavy atom. The zero-order valence-electron chi connectivity index (χ0n) is 18.1. The van der Waals surface area contributed by atoms with E-state index in [0.29, 0.717) is 5.56 Å². The highest BCUT2D eigenvalue weighted by molar-refractivity contribution is 6.00. The number of esters is 1. The Morgan fingerprint density at radius 1 is 1.03 bits per heavy atom. The second-order valence-electron chi connectivity index (χ2n) is 8.17. The number of methoxy groups -OCH3 is 1. The summed E-state index contributed by atoms with van der Waals surface area (Å²) in [5.74, 6) is -0.227. The molecule has 0 atom stereocenters. The maximum absolute atomic E-state index is 11.8. The summed E-state index contributed by atoms with van der Waals surface area (Å²) in [5, 5.41) is 9.63. The van der Waals surface area contributed by atoms with Crippen LogP contribution in [0.1, 0.15) is 22.8 Å². The maximum Gasteiger partial charge on any atom is 0.337 e. The Morgan fingerprint density at radius 2 is 1.84 bits per heavy atom.